The van der Waals surface area contributed by atoms with Crippen LogP contribution in [-0.4, -0.2) is 26.5 Å². The van der Waals surface area contributed by atoms with E-state index in [2.05, 4.69) is 84.3 Å². The Balaban J connectivity index is 1.58. The molecule has 0 saturated heterocycles. The number of hydrogen-bond acceptors (Lipinski definition) is 2. The van der Waals surface area contributed by atoms with Gasteiger partial charge in [0.05, 0.1) is 12.2 Å². The average molecular weight is 443 g/mol. The summed E-state index contributed by atoms with van der Waals surface area (Å²) in [6, 6.07) is 18.9. The van der Waals surface area contributed by atoms with Gasteiger partial charge in [-0.15, -0.1) is 0 Å². The van der Waals surface area contributed by atoms with Crippen LogP contribution in [0.25, 0.3) is 10.9 Å². The van der Waals surface area contributed by atoms with Crippen LogP contribution in [-0.2, 0) is 13.0 Å². The quantitative estimate of drug-likeness (QED) is 0.347. The first-order valence-corrected chi connectivity index (χ1v) is 11.4. The molecule has 0 aliphatic heterocycles. The standard InChI is InChI=1S/C27H30N4S/c1-18-11-12-26-24(16-18)23(21(4)29-26)13-15-31(17-22-9-5-6-14-28-22)27(32)30-25-10-7-8-19(2)20(25)3/h5-12,14,16,29H,13,15,17H2,1-4H3,(H,30,32). The van der Waals surface area contributed by atoms with Gasteiger partial charge in [0.15, 0.2) is 5.11 Å². The van der Waals surface area contributed by atoms with Crippen molar-refractivity contribution in [2.75, 3.05) is 11.9 Å². The number of pyridine rings is 1. The summed E-state index contributed by atoms with van der Waals surface area (Å²) in [5.41, 5.74) is 9.56. The van der Waals surface area contributed by atoms with Gasteiger partial charge in [0.1, 0.15) is 0 Å². The maximum atomic E-state index is 5.88. The highest BCUT2D eigenvalue weighted by atomic mass is 32.1. The van der Waals surface area contributed by atoms with Crippen molar-refractivity contribution in [3.8, 4) is 0 Å². The number of aryl methyl sites for hydroxylation is 3. The molecule has 4 nitrogen and oxygen atoms in total. The number of fused-ring (bicyclic) bond motifs is 1. The summed E-state index contributed by atoms with van der Waals surface area (Å²) in [5.74, 6) is 0. The number of thiocarbonyl (C=S) groups is 1. The van der Waals surface area contributed by atoms with Gasteiger partial charge < -0.3 is 15.2 Å². The van der Waals surface area contributed by atoms with Crippen LogP contribution in [0.4, 0.5) is 5.69 Å². The summed E-state index contributed by atoms with van der Waals surface area (Å²) in [5, 5.41) is 5.50. The van der Waals surface area contributed by atoms with Gasteiger partial charge in [-0.25, -0.2) is 0 Å². The van der Waals surface area contributed by atoms with E-state index in [4.69, 9.17) is 12.2 Å². The van der Waals surface area contributed by atoms with Crippen LogP contribution in [0.5, 0.6) is 0 Å². The first-order valence-electron chi connectivity index (χ1n) is 11.0. The minimum Gasteiger partial charge on any atom is -0.358 e. The lowest BCUT2D eigenvalue weighted by Crippen LogP contribution is -2.36. The van der Waals surface area contributed by atoms with E-state index in [0.29, 0.717) is 6.54 Å². The van der Waals surface area contributed by atoms with Crippen LogP contribution in [0.2, 0.25) is 0 Å². The highest BCUT2D eigenvalue weighted by Gasteiger charge is 2.16. The lowest BCUT2D eigenvalue weighted by molar-refractivity contribution is 0.417. The topological polar surface area (TPSA) is 44.0 Å². The minimum absolute atomic E-state index is 0.665. The van der Waals surface area contributed by atoms with Crippen molar-refractivity contribution >= 4 is 33.9 Å². The van der Waals surface area contributed by atoms with Gasteiger partial charge in [0.25, 0.3) is 0 Å². The molecule has 2 N–H and O–H groups in total. The molecule has 2 aromatic carbocycles. The minimum atomic E-state index is 0.665. The number of anilines is 1. The Hall–Kier alpha value is -3.18. The maximum Gasteiger partial charge on any atom is 0.173 e. The lowest BCUT2D eigenvalue weighted by atomic mass is 10.1. The molecular formula is C27H30N4S. The summed E-state index contributed by atoms with van der Waals surface area (Å²) in [6.45, 7) is 10.0. The highest BCUT2D eigenvalue weighted by molar-refractivity contribution is 7.80. The Morgan fingerprint density at radius 3 is 2.66 bits per heavy atom. The zero-order valence-corrected chi connectivity index (χ0v) is 20.0. The third-order valence-electron chi connectivity index (χ3n) is 6.12. The second-order valence-corrected chi connectivity index (χ2v) is 8.83. The van der Waals surface area contributed by atoms with Crippen molar-refractivity contribution in [1.29, 1.82) is 0 Å². The molecule has 0 spiro atoms. The maximum absolute atomic E-state index is 5.88. The first kappa shape index (κ1) is 22.0. The molecule has 4 rings (SSSR count). The number of nitrogens with one attached hydrogen (secondary N) is 2. The molecule has 0 saturated carbocycles. The van der Waals surface area contributed by atoms with E-state index >= 15 is 0 Å². The second-order valence-electron chi connectivity index (χ2n) is 8.45. The van der Waals surface area contributed by atoms with Crippen molar-refractivity contribution < 1.29 is 0 Å². The number of rotatable bonds is 6. The number of H-pyrrole nitrogens is 1. The Bertz CT molecular complexity index is 1240. The summed E-state index contributed by atoms with van der Waals surface area (Å²) >= 11 is 5.88. The molecule has 0 aliphatic rings. The second kappa shape index (κ2) is 9.53. The lowest BCUT2D eigenvalue weighted by Gasteiger charge is -2.26. The largest absolute Gasteiger partial charge is 0.358 e. The molecule has 2 heterocycles. The molecule has 32 heavy (non-hydrogen) atoms. The third kappa shape index (κ3) is 4.83. The SMILES string of the molecule is Cc1ccc2[nH]c(C)c(CCN(Cc3ccccn3)C(=S)Nc3cccc(C)c3C)c2c1. The molecular weight excluding hydrogens is 412 g/mol. The van der Waals surface area contributed by atoms with Crippen LogP contribution in [0.3, 0.4) is 0 Å². The molecule has 2 aromatic heterocycles. The smallest absolute Gasteiger partial charge is 0.173 e. The molecule has 0 unspecified atom stereocenters. The Kier molecular flexibility index (Phi) is 6.56. The number of nitrogens with zero attached hydrogens (tertiary/aromatic N) is 2. The fourth-order valence-corrected chi connectivity index (χ4v) is 4.35. The van der Waals surface area contributed by atoms with E-state index in [1.54, 1.807) is 0 Å². The highest BCUT2D eigenvalue weighted by Crippen LogP contribution is 2.25. The van der Waals surface area contributed by atoms with Gasteiger partial charge >= 0.3 is 0 Å². The van der Waals surface area contributed by atoms with Crippen LogP contribution in [0.15, 0.2) is 60.8 Å². The van der Waals surface area contributed by atoms with Crippen LogP contribution >= 0.6 is 12.2 Å². The van der Waals surface area contributed by atoms with Crippen molar-refractivity contribution in [3.63, 3.8) is 0 Å². The van der Waals surface area contributed by atoms with E-state index in [1.807, 2.05) is 24.4 Å². The van der Waals surface area contributed by atoms with Gasteiger partial charge in [0, 0.05) is 35.0 Å². The number of hydrogen-bond donors (Lipinski definition) is 2. The molecule has 0 atom stereocenters. The molecule has 0 aliphatic carbocycles. The average Bonchev–Trinajstić information content (AvgIpc) is 3.09. The Morgan fingerprint density at radius 1 is 1.03 bits per heavy atom. The first-order chi connectivity index (χ1) is 15.4. The molecule has 4 aromatic rings. The summed E-state index contributed by atoms with van der Waals surface area (Å²) in [7, 11) is 0. The molecule has 0 amide bonds. The van der Waals surface area contributed by atoms with E-state index in [0.717, 1.165) is 29.5 Å². The monoisotopic (exact) mass is 442 g/mol. The molecule has 0 fully saturated rings. The number of aromatic amines is 1. The zero-order chi connectivity index (χ0) is 22.7. The predicted molar refractivity (Wildman–Crippen MR) is 138 cm³/mol. The summed E-state index contributed by atoms with van der Waals surface area (Å²) in [4.78, 5) is 10.3. The van der Waals surface area contributed by atoms with Gasteiger partial charge in [-0.05, 0) is 93.4 Å². The fourth-order valence-electron chi connectivity index (χ4n) is 4.09. The normalized spacial score (nSPS) is 11.0. The molecule has 0 bridgehead atoms. The van der Waals surface area contributed by atoms with Crippen molar-refractivity contribution in [2.45, 2.75) is 40.7 Å². The van der Waals surface area contributed by atoms with Crippen molar-refractivity contribution in [1.82, 2.24) is 14.9 Å². The molecule has 5 heteroatoms. The van der Waals surface area contributed by atoms with Crippen LogP contribution in [0.1, 0.15) is 33.6 Å². The predicted octanol–water partition coefficient (Wildman–Crippen LogP) is 6.24. The third-order valence-corrected chi connectivity index (χ3v) is 6.48. The van der Waals surface area contributed by atoms with Crippen LogP contribution in [0, 0.1) is 27.7 Å². The zero-order valence-electron chi connectivity index (χ0n) is 19.2. The van der Waals surface area contributed by atoms with Crippen molar-refractivity contribution in [3.05, 3.63) is 94.4 Å². The van der Waals surface area contributed by atoms with Gasteiger partial charge in [-0.3, -0.25) is 4.98 Å². The number of benzene rings is 2. The molecule has 164 valence electrons. The molecule has 0 radical (unpaired) electrons. The Labute approximate surface area is 195 Å². The van der Waals surface area contributed by atoms with E-state index < -0.39 is 0 Å². The van der Waals surface area contributed by atoms with Gasteiger partial charge in [-0.1, -0.05) is 29.8 Å². The van der Waals surface area contributed by atoms with Gasteiger partial charge in [0.2, 0.25) is 0 Å². The fraction of sp³-hybridized carbons (Fsp3) is 0.259. The van der Waals surface area contributed by atoms with E-state index in [9.17, 15) is 0 Å². The number of aromatic nitrogens is 2. The van der Waals surface area contributed by atoms with E-state index in [-0.39, 0.29) is 0 Å². The van der Waals surface area contributed by atoms with Crippen molar-refractivity contribution in [2.24, 2.45) is 0 Å². The van der Waals surface area contributed by atoms with Gasteiger partial charge in [-0.2, -0.15) is 0 Å². The van der Waals surface area contributed by atoms with E-state index in [1.165, 1.54) is 38.9 Å². The summed E-state index contributed by atoms with van der Waals surface area (Å²) < 4.78 is 0. The Morgan fingerprint density at radius 2 is 1.88 bits per heavy atom. The van der Waals surface area contributed by atoms with Crippen LogP contribution < -0.4 is 5.32 Å². The summed E-state index contributed by atoms with van der Waals surface area (Å²) in [6.07, 6.45) is 2.73.